The number of nitrogens with one attached hydrogen (secondary N) is 2. The van der Waals surface area contributed by atoms with Crippen molar-refractivity contribution in [3.63, 3.8) is 0 Å². The lowest BCUT2D eigenvalue weighted by molar-refractivity contribution is 0.158. The SMILES string of the molecule is CC(c1ccccc1)N(C(=O)Nc1cccc(-c2ccccc2)c1NC(=O)N(C(C)c1ccccc1)C1CCn2c1nc1ccc(F)cc1c2=O)C1CCn2c1nc1ccc(F)cc1c2=O. The van der Waals surface area contributed by atoms with E-state index in [1.165, 1.54) is 45.5 Å². The van der Waals surface area contributed by atoms with Gasteiger partial charge in [0.2, 0.25) is 0 Å². The molecule has 4 atom stereocenters. The van der Waals surface area contributed by atoms with Crippen LogP contribution in [0.4, 0.5) is 29.7 Å². The molecular weight excluding hydrogens is 839 g/mol. The summed E-state index contributed by atoms with van der Waals surface area (Å²) in [6.45, 7) is 4.36. The van der Waals surface area contributed by atoms with Crippen molar-refractivity contribution in [1.82, 2.24) is 28.9 Å². The molecule has 8 aromatic rings. The third kappa shape index (κ3) is 7.53. The molecule has 6 aromatic carbocycles. The fourth-order valence-corrected chi connectivity index (χ4v) is 9.61. The quantitative estimate of drug-likeness (QED) is 0.148. The number of aromatic nitrogens is 4. The second kappa shape index (κ2) is 17.2. The van der Waals surface area contributed by atoms with Crippen molar-refractivity contribution in [3.8, 4) is 11.1 Å². The lowest BCUT2D eigenvalue weighted by atomic mass is 10.0. The molecule has 0 radical (unpaired) electrons. The molecule has 4 unspecified atom stereocenters. The van der Waals surface area contributed by atoms with Gasteiger partial charge in [-0.05, 0) is 85.8 Å². The van der Waals surface area contributed by atoms with Crippen LogP contribution in [0.3, 0.4) is 0 Å². The Kier molecular flexibility index (Phi) is 10.9. The van der Waals surface area contributed by atoms with Gasteiger partial charge in [-0.1, -0.05) is 103 Å². The van der Waals surface area contributed by atoms with Gasteiger partial charge in [-0.25, -0.2) is 28.3 Å². The highest BCUT2D eigenvalue weighted by Crippen LogP contribution is 2.42. The van der Waals surface area contributed by atoms with Crippen molar-refractivity contribution >= 4 is 45.2 Å². The van der Waals surface area contributed by atoms with Crippen molar-refractivity contribution < 1.29 is 18.4 Å². The number of carbonyl (C=O) groups is 2. The molecule has 0 saturated heterocycles. The van der Waals surface area contributed by atoms with Crippen LogP contribution in [-0.2, 0) is 13.1 Å². The van der Waals surface area contributed by atoms with Gasteiger partial charge in [0.05, 0.1) is 57.3 Å². The molecule has 2 aliphatic heterocycles. The third-order valence-electron chi connectivity index (χ3n) is 12.9. The van der Waals surface area contributed by atoms with E-state index in [1.54, 1.807) is 21.9 Å². The van der Waals surface area contributed by atoms with Gasteiger partial charge in [-0.15, -0.1) is 0 Å². The van der Waals surface area contributed by atoms with Crippen LogP contribution in [0.2, 0.25) is 0 Å². The first-order valence-electron chi connectivity index (χ1n) is 21.9. The first-order chi connectivity index (χ1) is 32.0. The number of hydrogen-bond acceptors (Lipinski definition) is 6. The van der Waals surface area contributed by atoms with Crippen LogP contribution in [0.15, 0.2) is 155 Å². The number of para-hydroxylation sites is 1. The lowest BCUT2D eigenvalue weighted by Gasteiger charge is -2.36. The molecule has 2 aliphatic rings. The van der Waals surface area contributed by atoms with Crippen molar-refractivity contribution in [1.29, 1.82) is 0 Å². The summed E-state index contributed by atoms with van der Waals surface area (Å²) in [6.07, 6.45) is 0.738. The number of amides is 4. The maximum absolute atomic E-state index is 15.3. The molecule has 4 heterocycles. The van der Waals surface area contributed by atoms with E-state index in [0.29, 0.717) is 52.5 Å². The van der Waals surface area contributed by atoms with E-state index >= 15 is 9.59 Å². The normalized spacial score (nSPS) is 16.1. The van der Waals surface area contributed by atoms with E-state index in [-0.39, 0.29) is 35.0 Å². The number of carbonyl (C=O) groups excluding carboxylic acids is 2. The molecule has 330 valence electrons. The van der Waals surface area contributed by atoms with Crippen molar-refractivity contribution in [2.45, 2.75) is 63.9 Å². The van der Waals surface area contributed by atoms with Crippen LogP contribution in [0.1, 0.15) is 73.6 Å². The zero-order valence-corrected chi connectivity index (χ0v) is 36.1. The van der Waals surface area contributed by atoms with Crippen molar-refractivity contribution in [2.75, 3.05) is 10.6 Å². The summed E-state index contributed by atoms with van der Waals surface area (Å²) < 4.78 is 31.7. The monoisotopic (exact) mass is 882 g/mol. The standard InChI is InChI=1S/C52H44F2N8O4/c1-31(33-13-6-3-7-14-33)61(44-25-27-59-47(44)55-41-23-21-36(53)29-39(41)49(59)63)51(65)57-43-20-12-19-38(35-17-10-5-11-18-35)46(43)58-52(66)62(32(2)34-15-8-4-9-16-34)45-26-28-60-48(45)56-42-24-22-37(54)30-40(42)50(60)64/h3-24,29-32,44-45H,25-28H2,1-2H3,(H,57,65)(H,58,66). The minimum Gasteiger partial charge on any atom is -0.308 e. The number of nitrogens with zero attached hydrogens (tertiary/aromatic N) is 6. The Morgan fingerprint density at radius 3 is 1.53 bits per heavy atom. The van der Waals surface area contributed by atoms with E-state index in [2.05, 4.69) is 10.6 Å². The largest absolute Gasteiger partial charge is 0.323 e. The second-order valence-corrected chi connectivity index (χ2v) is 16.7. The molecule has 10 rings (SSSR count). The molecular formula is C52H44F2N8O4. The maximum atomic E-state index is 15.3. The van der Waals surface area contributed by atoms with E-state index in [4.69, 9.17) is 9.97 Å². The van der Waals surface area contributed by atoms with Crippen LogP contribution in [0.25, 0.3) is 32.9 Å². The minimum absolute atomic E-state index is 0.159. The Labute approximate surface area is 377 Å². The zero-order chi connectivity index (χ0) is 45.6. The summed E-state index contributed by atoms with van der Waals surface area (Å²) in [5.41, 5.74) is 3.61. The summed E-state index contributed by atoms with van der Waals surface area (Å²) in [7, 11) is 0. The fraction of sp³-hybridized carbons (Fsp3) is 0.192. The molecule has 12 nitrogen and oxygen atoms in total. The second-order valence-electron chi connectivity index (χ2n) is 16.7. The smallest absolute Gasteiger partial charge is 0.308 e. The highest BCUT2D eigenvalue weighted by molar-refractivity contribution is 6.04. The Bertz CT molecular complexity index is 3290. The molecule has 66 heavy (non-hydrogen) atoms. The molecule has 2 N–H and O–H groups in total. The molecule has 0 aliphatic carbocycles. The van der Waals surface area contributed by atoms with E-state index in [1.807, 2.05) is 111 Å². The van der Waals surface area contributed by atoms with Crippen LogP contribution in [0.5, 0.6) is 0 Å². The lowest BCUT2D eigenvalue weighted by Crippen LogP contribution is -2.41. The molecule has 0 saturated carbocycles. The van der Waals surface area contributed by atoms with E-state index in [9.17, 15) is 18.4 Å². The minimum atomic E-state index is -0.669. The average Bonchev–Trinajstić information content (AvgIpc) is 3.95. The van der Waals surface area contributed by atoms with Gasteiger partial charge in [-0.3, -0.25) is 18.7 Å². The molecule has 0 fully saturated rings. The van der Waals surface area contributed by atoms with E-state index < -0.39 is 47.9 Å². The summed E-state index contributed by atoms with van der Waals surface area (Å²) in [5, 5.41) is 6.70. The average molecular weight is 883 g/mol. The molecule has 0 bridgehead atoms. The van der Waals surface area contributed by atoms with Gasteiger partial charge in [0, 0.05) is 18.7 Å². The highest BCUT2D eigenvalue weighted by Gasteiger charge is 2.40. The number of rotatable bonds is 9. The summed E-state index contributed by atoms with van der Waals surface area (Å²) in [5.74, 6) is -0.314. The molecule has 4 amide bonds. The van der Waals surface area contributed by atoms with Crippen LogP contribution in [0, 0.1) is 11.6 Å². The highest BCUT2D eigenvalue weighted by atomic mass is 19.1. The summed E-state index contributed by atoms with van der Waals surface area (Å²) >= 11 is 0. The number of anilines is 2. The van der Waals surface area contributed by atoms with Gasteiger partial charge in [0.1, 0.15) is 23.3 Å². The number of halogens is 2. The first kappa shape index (κ1) is 42.0. The molecule has 14 heteroatoms. The Morgan fingerprint density at radius 2 is 1.05 bits per heavy atom. The number of hydrogen-bond donors (Lipinski definition) is 2. The predicted molar refractivity (Wildman–Crippen MR) is 250 cm³/mol. The summed E-state index contributed by atoms with van der Waals surface area (Å²) in [4.78, 5) is 71.2. The molecule has 0 spiro atoms. The predicted octanol–water partition coefficient (Wildman–Crippen LogP) is 10.5. The maximum Gasteiger partial charge on any atom is 0.323 e. The topological polar surface area (TPSA) is 134 Å². The van der Waals surface area contributed by atoms with E-state index in [0.717, 1.165) is 16.7 Å². The number of fused-ring (bicyclic) bond motifs is 4. The number of urea groups is 2. The zero-order valence-electron chi connectivity index (χ0n) is 36.1. The summed E-state index contributed by atoms with van der Waals surface area (Å²) in [6, 6.07) is 38.4. The van der Waals surface area contributed by atoms with Gasteiger partial charge >= 0.3 is 12.1 Å². The van der Waals surface area contributed by atoms with Crippen LogP contribution >= 0.6 is 0 Å². The Morgan fingerprint density at radius 1 is 0.591 bits per heavy atom. The van der Waals surface area contributed by atoms with Crippen LogP contribution in [-0.4, -0.2) is 41.0 Å². The third-order valence-corrected chi connectivity index (χ3v) is 12.9. The van der Waals surface area contributed by atoms with Crippen LogP contribution < -0.4 is 21.8 Å². The van der Waals surface area contributed by atoms with Crippen molar-refractivity contribution in [3.05, 3.63) is 201 Å². The van der Waals surface area contributed by atoms with Gasteiger partial charge < -0.3 is 20.4 Å². The Balaban J connectivity index is 1.07. The van der Waals surface area contributed by atoms with Gasteiger partial charge in [0.15, 0.2) is 0 Å². The first-order valence-corrected chi connectivity index (χ1v) is 21.9. The van der Waals surface area contributed by atoms with Gasteiger partial charge in [0.25, 0.3) is 11.1 Å². The number of benzene rings is 6. The van der Waals surface area contributed by atoms with Gasteiger partial charge in [-0.2, -0.15) is 0 Å². The molecule has 2 aromatic heterocycles. The van der Waals surface area contributed by atoms with Crippen molar-refractivity contribution in [2.24, 2.45) is 0 Å². The fourth-order valence-electron chi connectivity index (χ4n) is 9.61. The Hall–Kier alpha value is -8.00.